The molecule has 3 heterocycles. The molecule has 0 atom stereocenters. The van der Waals surface area contributed by atoms with Crippen LogP contribution >= 0.6 is 0 Å². The number of nitrogens with zero attached hydrogens (tertiary/aromatic N) is 4. The molecule has 11 nitrogen and oxygen atoms in total. The number of nitrogens with two attached hydrogens (primary N) is 1. The van der Waals surface area contributed by atoms with Gasteiger partial charge in [-0.2, -0.15) is 9.97 Å². The van der Waals surface area contributed by atoms with E-state index in [4.69, 9.17) is 19.8 Å². The lowest BCUT2D eigenvalue weighted by Crippen LogP contribution is -2.38. The average molecular weight is 485 g/mol. The van der Waals surface area contributed by atoms with Gasteiger partial charge in [0.1, 0.15) is 12.4 Å². The fraction of sp³-hybridized carbons (Fsp3) is 0.542. The lowest BCUT2D eigenvalue weighted by Gasteiger charge is -2.26. The highest BCUT2D eigenvalue weighted by Crippen LogP contribution is 2.35. The Morgan fingerprint density at radius 3 is 2.77 bits per heavy atom. The predicted octanol–water partition coefficient (Wildman–Crippen LogP) is 2.59. The Bertz CT molecular complexity index is 1010. The zero-order valence-corrected chi connectivity index (χ0v) is 20.5. The van der Waals surface area contributed by atoms with Crippen molar-refractivity contribution in [3.63, 3.8) is 0 Å². The van der Waals surface area contributed by atoms with E-state index in [0.29, 0.717) is 54.1 Å². The van der Waals surface area contributed by atoms with Gasteiger partial charge in [-0.25, -0.2) is 0 Å². The second-order valence-corrected chi connectivity index (χ2v) is 9.11. The molecule has 0 aromatic carbocycles. The molecule has 1 saturated heterocycles. The van der Waals surface area contributed by atoms with E-state index in [-0.39, 0.29) is 0 Å². The molecule has 5 N–H and O–H groups in total. The first-order valence-corrected chi connectivity index (χ1v) is 12.2. The van der Waals surface area contributed by atoms with Gasteiger partial charge in [-0.3, -0.25) is 10.7 Å². The third kappa shape index (κ3) is 7.67. The molecule has 0 radical (unpaired) electrons. The van der Waals surface area contributed by atoms with Crippen molar-refractivity contribution in [2.45, 2.75) is 39.2 Å². The second-order valence-electron chi connectivity index (χ2n) is 9.11. The lowest BCUT2D eigenvalue weighted by molar-refractivity contribution is 0.0320. The normalized spacial score (nSPS) is 16.9. The molecular weight excluding hydrogens is 448 g/mol. The number of aromatic nitrogens is 3. The Hall–Kier alpha value is -3.15. The first-order chi connectivity index (χ1) is 17.0. The van der Waals surface area contributed by atoms with Gasteiger partial charge in [0, 0.05) is 49.1 Å². The van der Waals surface area contributed by atoms with Crippen molar-refractivity contribution in [3.05, 3.63) is 47.6 Å². The number of allylic oxidation sites excluding steroid dienone is 2. The number of anilines is 2. The Balaban J connectivity index is 1.42. The SMILES string of the molecule is C=C(/C=C(\NN)C1CC1)Nc1cc(OCCN2CCOCC2)nc(NCc2cc(C(C)C)no2)n1. The summed E-state index contributed by atoms with van der Waals surface area (Å²) in [6, 6.07) is 3.70. The van der Waals surface area contributed by atoms with Gasteiger partial charge in [0.2, 0.25) is 11.8 Å². The van der Waals surface area contributed by atoms with E-state index >= 15 is 0 Å². The van der Waals surface area contributed by atoms with E-state index in [1.807, 2.05) is 12.1 Å². The Kier molecular flexibility index (Phi) is 8.56. The van der Waals surface area contributed by atoms with Crippen LogP contribution in [0, 0.1) is 5.92 Å². The molecule has 0 bridgehead atoms. The molecule has 2 aromatic heterocycles. The summed E-state index contributed by atoms with van der Waals surface area (Å²) >= 11 is 0. The molecule has 2 aliphatic rings. The first-order valence-electron chi connectivity index (χ1n) is 12.2. The molecule has 2 aromatic rings. The molecule has 4 rings (SSSR count). The molecule has 2 fully saturated rings. The summed E-state index contributed by atoms with van der Waals surface area (Å²) in [6.45, 7) is 13.3. The van der Waals surface area contributed by atoms with Gasteiger partial charge in [0.05, 0.1) is 25.5 Å². The smallest absolute Gasteiger partial charge is 0.228 e. The highest BCUT2D eigenvalue weighted by atomic mass is 16.5. The monoisotopic (exact) mass is 484 g/mol. The highest BCUT2D eigenvalue weighted by molar-refractivity contribution is 5.50. The number of hydrazine groups is 1. The largest absolute Gasteiger partial charge is 0.476 e. The van der Waals surface area contributed by atoms with E-state index in [9.17, 15) is 0 Å². The fourth-order valence-corrected chi connectivity index (χ4v) is 3.66. The Morgan fingerprint density at radius 2 is 2.09 bits per heavy atom. The van der Waals surface area contributed by atoms with Gasteiger partial charge in [0.15, 0.2) is 5.76 Å². The van der Waals surface area contributed by atoms with Crippen molar-refractivity contribution >= 4 is 11.8 Å². The minimum absolute atomic E-state index is 0.297. The zero-order valence-electron chi connectivity index (χ0n) is 20.5. The maximum absolute atomic E-state index is 5.98. The fourth-order valence-electron chi connectivity index (χ4n) is 3.66. The van der Waals surface area contributed by atoms with Crippen LogP contribution < -0.4 is 26.6 Å². The third-order valence-electron chi connectivity index (χ3n) is 5.86. The molecular formula is C24H36N8O3. The molecule has 190 valence electrons. The van der Waals surface area contributed by atoms with Gasteiger partial charge in [-0.05, 0) is 24.8 Å². The van der Waals surface area contributed by atoms with E-state index in [1.165, 1.54) is 0 Å². The molecule has 0 unspecified atom stereocenters. The van der Waals surface area contributed by atoms with Crippen LogP contribution in [0.4, 0.5) is 11.8 Å². The van der Waals surface area contributed by atoms with Crippen LogP contribution in [0.1, 0.15) is 44.1 Å². The molecule has 1 aliphatic carbocycles. The van der Waals surface area contributed by atoms with Crippen LogP contribution in [0.15, 0.2) is 40.7 Å². The first kappa shape index (κ1) is 25.0. The molecule has 0 amide bonds. The summed E-state index contributed by atoms with van der Waals surface area (Å²) in [6.07, 6.45) is 4.17. The maximum atomic E-state index is 5.98. The average Bonchev–Trinajstić information content (AvgIpc) is 3.58. The minimum Gasteiger partial charge on any atom is -0.476 e. The van der Waals surface area contributed by atoms with Crippen LogP contribution in [-0.2, 0) is 11.3 Å². The number of hydrogen-bond acceptors (Lipinski definition) is 11. The molecule has 0 spiro atoms. The van der Waals surface area contributed by atoms with E-state index < -0.39 is 0 Å². The number of morpholine rings is 1. The quantitative estimate of drug-likeness (QED) is 0.190. The highest BCUT2D eigenvalue weighted by Gasteiger charge is 2.25. The number of ether oxygens (including phenoxy) is 2. The van der Waals surface area contributed by atoms with Crippen molar-refractivity contribution in [3.8, 4) is 5.88 Å². The summed E-state index contributed by atoms with van der Waals surface area (Å²) < 4.78 is 16.8. The molecule has 1 saturated carbocycles. The Labute approximate surface area is 206 Å². The van der Waals surface area contributed by atoms with Crippen LogP contribution in [0.5, 0.6) is 5.88 Å². The maximum Gasteiger partial charge on any atom is 0.228 e. The second kappa shape index (κ2) is 12.0. The van der Waals surface area contributed by atoms with Gasteiger partial charge in [-0.1, -0.05) is 25.6 Å². The van der Waals surface area contributed by atoms with Crippen molar-refractivity contribution in [1.82, 2.24) is 25.5 Å². The predicted molar refractivity (Wildman–Crippen MR) is 134 cm³/mol. The van der Waals surface area contributed by atoms with Gasteiger partial charge in [0.25, 0.3) is 0 Å². The summed E-state index contributed by atoms with van der Waals surface area (Å²) in [5.74, 6) is 8.59. The summed E-state index contributed by atoms with van der Waals surface area (Å²) in [5.41, 5.74) is 5.31. The van der Waals surface area contributed by atoms with Crippen molar-refractivity contribution in [2.75, 3.05) is 50.1 Å². The summed E-state index contributed by atoms with van der Waals surface area (Å²) in [4.78, 5) is 11.4. The lowest BCUT2D eigenvalue weighted by atomic mass is 10.1. The van der Waals surface area contributed by atoms with Crippen molar-refractivity contribution in [2.24, 2.45) is 11.8 Å². The van der Waals surface area contributed by atoms with Gasteiger partial charge >= 0.3 is 0 Å². The topological polar surface area (TPSA) is 136 Å². The van der Waals surface area contributed by atoms with Crippen LogP contribution in [0.25, 0.3) is 0 Å². The van der Waals surface area contributed by atoms with Crippen LogP contribution in [0.3, 0.4) is 0 Å². The van der Waals surface area contributed by atoms with Crippen LogP contribution in [-0.4, -0.2) is 59.5 Å². The van der Waals surface area contributed by atoms with Crippen molar-refractivity contribution in [1.29, 1.82) is 0 Å². The Morgan fingerprint density at radius 1 is 1.29 bits per heavy atom. The number of rotatable bonds is 13. The summed E-state index contributed by atoms with van der Waals surface area (Å²) in [7, 11) is 0. The molecule has 11 heteroatoms. The van der Waals surface area contributed by atoms with E-state index in [1.54, 1.807) is 6.07 Å². The molecule has 35 heavy (non-hydrogen) atoms. The minimum atomic E-state index is 0.297. The third-order valence-corrected chi connectivity index (χ3v) is 5.86. The number of nitrogens with one attached hydrogen (secondary N) is 3. The van der Waals surface area contributed by atoms with Crippen molar-refractivity contribution < 1.29 is 14.0 Å². The van der Waals surface area contributed by atoms with Crippen LogP contribution in [0.2, 0.25) is 0 Å². The van der Waals surface area contributed by atoms with E-state index in [0.717, 1.165) is 57.1 Å². The van der Waals surface area contributed by atoms with Gasteiger partial charge < -0.3 is 30.1 Å². The summed E-state index contributed by atoms with van der Waals surface area (Å²) in [5, 5.41) is 10.5. The van der Waals surface area contributed by atoms with Gasteiger partial charge in [-0.15, -0.1) is 0 Å². The molecule has 1 aliphatic heterocycles. The zero-order chi connectivity index (χ0) is 24.6. The number of hydrogen-bond donors (Lipinski definition) is 4. The standard InChI is InChI=1S/C24H36N8O3/c1-16(2)20-13-19(35-31-20)15-26-24-28-22(27-17(3)12-21(30-25)18-4-5-18)14-23(29-24)34-11-8-32-6-9-33-10-7-32/h12-14,16,18,30H,3-11,15,25H2,1-2H3,(H2,26,27,28,29)/b21-12-. The van der Waals surface area contributed by atoms with E-state index in [2.05, 4.69) is 56.5 Å².